The maximum Gasteiger partial charge on any atom is 0.336 e. The molecule has 0 amide bonds. The van der Waals surface area contributed by atoms with Crippen molar-refractivity contribution in [2.24, 2.45) is 0 Å². The third-order valence-electron chi connectivity index (χ3n) is 4.58. The maximum absolute atomic E-state index is 11.9. The van der Waals surface area contributed by atoms with Gasteiger partial charge in [-0.25, -0.2) is 4.79 Å². The zero-order valence-electron chi connectivity index (χ0n) is 15.1. The monoisotopic (exact) mass is 415 g/mol. The molecular weight excluding hydrogens is 394 g/mol. The van der Waals surface area contributed by atoms with E-state index in [1.54, 1.807) is 13.2 Å². The molecule has 1 N–H and O–H groups in total. The molecule has 4 nitrogen and oxygen atoms in total. The third-order valence-corrected chi connectivity index (χ3v) is 5.20. The van der Waals surface area contributed by atoms with Gasteiger partial charge in [0.05, 0.1) is 11.6 Å². The van der Waals surface area contributed by atoms with Crippen LogP contribution in [0.1, 0.15) is 36.6 Å². The topological polar surface area (TPSA) is 51.5 Å². The Labute approximate surface area is 161 Å². The summed E-state index contributed by atoms with van der Waals surface area (Å²) in [6.07, 6.45) is 0.908. The number of hydrogen-bond donors (Lipinski definition) is 1. The number of ether oxygens (including phenoxy) is 1. The number of benzene rings is 2. The molecule has 0 spiro atoms. The van der Waals surface area contributed by atoms with Gasteiger partial charge in [-0.15, -0.1) is 0 Å². The lowest BCUT2D eigenvalue weighted by molar-refractivity contribution is 0.411. The molecule has 1 atom stereocenters. The summed E-state index contributed by atoms with van der Waals surface area (Å²) in [6.45, 7) is 4.76. The molecule has 136 valence electrons. The Hall–Kier alpha value is -2.11. The van der Waals surface area contributed by atoms with Gasteiger partial charge < -0.3 is 14.5 Å². The Balaban J connectivity index is 1.83. The Morgan fingerprint density at radius 1 is 1.19 bits per heavy atom. The van der Waals surface area contributed by atoms with E-state index in [1.165, 1.54) is 0 Å². The molecule has 0 saturated heterocycles. The molecule has 1 aromatic heterocycles. The van der Waals surface area contributed by atoms with Crippen molar-refractivity contribution in [3.8, 4) is 5.75 Å². The van der Waals surface area contributed by atoms with E-state index in [0.29, 0.717) is 12.1 Å². The minimum Gasteiger partial charge on any atom is -0.496 e. The van der Waals surface area contributed by atoms with Crippen LogP contribution in [0.3, 0.4) is 0 Å². The Kier molecular flexibility index (Phi) is 5.79. The lowest BCUT2D eigenvalue weighted by Crippen LogP contribution is -2.19. The van der Waals surface area contributed by atoms with Crippen LogP contribution in [0, 0.1) is 0 Å². The van der Waals surface area contributed by atoms with Crippen LogP contribution in [0.15, 0.2) is 56.1 Å². The third kappa shape index (κ3) is 4.00. The number of nitrogens with one attached hydrogen (secondary N) is 1. The largest absolute Gasteiger partial charge is 0.496 e. The van der Waals surface area contributed by atoms with E-state index in [9.17, 15) is 4.79 Å². The second kappa shape index (κ2) is 8.06. The smallest absolute Gasteiger partial charge is 0.336 e. The van der Waals surface area contributed by atoms with Crippen LogP contribution in [0.5, 0.6) is 5.75 Å². The predicted octanol–water partition coefficient (Wildman–Crippen LogP) is 4.98. The summed E-state index contributed by atoms with van der Waals surface area (Å²) >= 11 is 3.52. The van der Waals surface area contributed by atoms with Gasteiger partial charge in [0, 0.05) is 24.0 Å². The van der Waals surface area contributed by atoms with Crippen LogP contribution in [-0.4, -0.2) is 7.11 Å². The average Bonchev–Trinajstić information content (AvgIpc) is 2.64. The van der Waals surface area contributed by atoms with E-state index >= 15 is 0 Å². The fourth-order valence-corrected chi connectivity index (χ4v) is 3.53. The van der Waals surface area contributed by atoms with Gasteiger partial charge >= 0.3 is 5.63 Å². The highest BCUT2D eigenvalue weighted by Gasteiger charge is 2.11. The maximum atomic E-state index is 11.9. The first-order valence-electron chi connectivity index (χ1n) is 8.64. The summed E-state index contributed by atoms with van der Waals surface area (Å²) in [4.78, 5) is 11.9. The van der Waals surface area contributed by atoms with Crippen LogP contribution in [0.25, 0.3) is 11.0 Å². The highest BCUT2D eigenvalue weighted by Crippen LogP contribution is 2.28. The molecule has 0 saturated carbocycles. The summed E-state index contributed by atoms with van der Waals surface area (Å²) in [5.74, 6) is 0.805. The molecule has 0 fully saturated rings. The van der Waals surface area contributed by atoms with Crippen molar-refractivity contribution in [1.82, 2.24) is 5.32 Å². The zero-order chi connectivity index (χ0) is 18.7. The van der Waals surface area contributed by atoms with E-state index in [4.69, 9.17) is 9.15 Å². The van der Waals surface area contributed by atoms with Crippen molar-refractivity contribution in [2.45, 2.75) is 32.9 Å². The van der Waals surface area contributed by atoms with Gasteiger partial charge in [-0.1, -0.05) is 25.1 Å². The predicted molar refractivity (Wildman–Crippen MR) is 108 cm³/mol. The summed E-state index contributed by atoms with van der Waals surface area (Å²) in [5, 5.41) is 4.46. The fraction of sp³-hybridized carbons (Fsp3) is 0.286. The van der Waals surface area contributed by atoms with E-state index in [0.717, 1.165) is 38.7 Å². The molecule has 0 bridgehead atoms. The van der Waals surface area contributed by atoms with Crippen molar-refractivity contribution in [3.05, 3.63) is 74.0 Å². The van der Waals surface area contributed by atoms with Crippen molar-refractivity contribution >= 4 is 26.9 Å². The molecule has 0 radical (unpaired) electrons. The van der Waals surface area contributed by atoms with Gasteiger partial charge in [-0.05, 0) is 64.2 Å². The molecule has 0 aliphatic heterocycles. The van der Waals surface area contributed by atoms with Crippen molar-refractivity contribution in [2.75, 3.05) is 7.11 Å². The summed E-state index contributed by atoms with van der Waals surface area (Å²) < 4.78 is 11.6. The standard InChI is InChI=1S/C21H22BrNO3/c1-4-14-5-7-17-16(11-21(24)26-20(17)9-14)12-23-13(2)15-6-8-19(25-3)18(22)10-15/h5-11,13,23H,4,12H2,1-3H3/t13-/m0/s1. The number of rotatable bonds is 6. The van der Waals surface area contributed by atoms with Crippen LogP contribution in [0.4, 0.5) is 0 Å². The molecule has 26 heavy (non-hydrogen) atoms. The summed E-state index contributed by atoms with van der Waals surface area (Å²) in [7, 11) is 1.65. The van der Waals surface area contributed by atoms with E-state index in [-0.39, 0.29) is 11.7 Å². The second-order valence-electron chi connectivity index (χ2n) is 6.27. The fourth-order valence-electron chi connectivity index (χ4n) is 2.97. The van der Waals surface area contributed by atoms with E-state index in [2.05, 4.69) is 41.2 Å². The average molecular weight is 416 g/mol. The van der Waals surface area contributed by atoms with Gasteiger partial charge in [-0.3, -0.25) is 0 Å². The first-order valence-corrected chi connectivity index (χ1v) is 9.43. The SMILES string of the molecule is CCc1ccc2c(CN[C@@H](C)c3ccc(OC)c(Br)c3)cc(=O)oc2c1. The van der Waals surface area contributed by atoms with Gasteiger partial charge in [-0.2, -0.15) is 0 Å². The van der Waals surface area contributed by atoms with Crippen molar-refractivity contribution in [1.29, 1.82) is 0 Å². The van der Waals surface area contributed by atoms with E-state index in [1.807, 2.05) is 30.3 Å². The Morgan fingerprint density at radius 2 is 2.00 bits per heavy atom. The Morgan fingerprint density at radius 3 is 2.69 bits per heavy atom. The first-order chi connectivity index (χ1) is 12.5. The molecule has 1 heterocycles. The van der Waals surface area contributed by atoms with Gasteiger partial charge in [0.25, 0.3) is 0 Å². The molecule has 3 rings (SSSR count). The number of fused-ring (bicyclic) bond motifs is 1. The van der Waals surface area contributed by atoms with Gasteiger partial charge in [0.15, 0.2) is 0 Å². The normalized spacial score (nSPS) is 12.3. The molecule has 0 unspecified atom stereocenters. The highest BCUT2D eigenvalue weighted by molar-refractivity contribution is 9.10. The van der Waals surface area contributed by atoms with Crippen LogP contribution < -0.4 is 15.7 Å². The minimum absolute atomic E-state index is 0.120. The van der Waals surface area contributed by atoms with Crippen LogP contribution >= 0.6 is 15.9 Å². The number of methoxy groups -OCH3 is 1. The van der Waals surface area contributed by atoms with Gasteiger partial charge in [0.2, 0.25) is 0 Å². The molecule has 0 aliphatic carbocycles. The first kappa shape index (κ1) is 18.7. The summed E-state index contributed by atoms with van der Waals surface area (Å²) in [5.41, 5.74) is 3.56. The van der Waals surface area contributed by atoms with Crippen molar-refractivity contribution in [3.63, 3.8) is 0 Å². The minimum atomic E-state index is -0.317. The number of halogens is 1. The van der Waals surface area contributed by atoms with Crippen molar-refractivity contribution < 1.29 is 9.15 Å². The molecular formula is C21H22BrNO3. The second-order valence-corrected chi connectivity index (χ2v) is 7.13. The molecule has 3 aromatic rings. The summed E-state index contributed by atoms with van der Waals surface area (Å²) in [6, 6.07) is 13.8. The number of aryl methyl sites for hydroxylation is 1. The Bertz CT molecular complexity index is 981. The lowest BCUT2D eigenvalue weighted by Gasteiger charge is -2.16. The van der Waals surface area contributed by atoms with E-state index < -0.39 is 0 Å². The highest BCUT2D eigenvalue weighted by atomic mass is 79.9. The molecule has 2 aromatic carbocycles. The van der Waals surface area contributed by atoms with Crippen LogP contribution in [0.2, 0.25) is 0 Å². The molecule has 0 aliphatic rings. The lowest BCUT2D eigenvalue weighted by atomic mass is 10.0. The van der Waals surface area contributed by atoms with Crippen LogP contribution in [-0.2, 0) is 13.0 Å². The quantitative estimate of drug-likeness (QED) is 0.576. The number of hydrogen-bond acceptors (Lipinski definition) is 4. The zero-order valence-corrected chi connectivity index (χ0v) is 16.7. The molecule has 5 heteroatoms. The van der Waals surface area contributed by atoms with Gasteiger partial charge in [0.1, 0.15) is 11.3 Å².